The zero-order valence-corrected chi connectivity index (χ0v) is 12.5. The van der Waals surface area contributed by atoms with E-state index in [0.29, 0.717) is 17.9 Å². The van der Waals surface area contributed by atoms with E-state index in [1.807, 2.05) is 4.90 Å². The maximum absolute atomic E-state index is 12.9. The van der Waals surface area contributed by atoms with Crippen LogP contribution in [0.1, 0.15) is 29.6 Å². The smallest absolute Gasteiger partial charge is 0.254 e. The summed E-state index contributed by atoms with van der Waals surface area (Å²) in [4.78, 5) is 26.2. The molecule has 2 amide bonds. The Morgan fingerprint density at radius 3 is 2.95 bits per heavy atom. The Bertz CT molecular complexity index is 600. The third-order valence-corrected chi connectivity index (χ3v) is 4.49. The summed E-state index contributed by atoms with van der Waals surface area (Å²) in [5.74, 6) is -0.274. The zero-order chi connectivity index (χ0) is 15.6. The van der Waals surface area contributed by atoms with Crippen molar-refractivity contribution in [1.82, 2.24) is 4.90 Å². The van der Waals surface area contributed by atoms with E-state index in [1.54, 1.807) is 24.3 Å². The topological polar surface area (TPSA) is 58.6 Å². The van der Waals surface area contributed by atoms with Gasteiger partial charge in [-0.1, -0.05) is 12.6 Å². The van der Waals surface area contributed by atoms with Gasteiger partial charge < -0.3 is 15.0 Å². The summed E-state index contributed by atoms with van der Waals surface area (Å²) >= 11 is 0. The number of rotatable bonds is 3. The maximum Gasteiger partial charge on any atom is 0.254 e. The molecule has 2 heterocycles. The molecule has 2 aliphatic heterocycles. The SMILES string of the molecule is C=CC(=O)Nc1cccc(C(=O)N2CCCC23CCOC3)c1. The van der Waals surface area contributed by atoms with Crippen molar-refractivity contribution in [2.75, 3.05) is 25.1 Å². The highest BCUT2D eigenvalue weighted by atomic mass is 16.5. The number of ether oxygens (including phenoxy) is 1. The van der Waals surface area contributed by atoms with E-state index in [2.05, 4.69) is 11.9 Å². The molecule has 22 heavy (non-hydrogen) atoms. The predicted octanol–water partition coefficient (Wildman–Crippen LogP) is 2.21. The number of carbonyl (C=O) groups excluding carboxylic acids is 2. The Kier molecular flexibility index (Phi) is 3.98. The van der Waals surface area contributed by atoms with Gasteiger partial charge in [0.05, 0.1) is 12.1 Å². The van der Waals surface area contributed by atoms with Crippen LogP contribution in [0.25, 0.3) is 0 Å². The molecule has 0 radical (unpaired) electrons. The largest absolute Gasteiger partial charge is 0.379 e. The van der Waals surface area contributed by atoms with Crippen molar-refractivity contribution in [3.63, 3.8) is 0 Å². The molecule has 1 unspecified atom stereocenters. The number of amides is 2. The van der Waals surface area contributed by atoms with Crippen LogP contribution in [0.2, 0.25) is 0 Å². The summed E-state index contributed by atoms with van der Waals surface area (Å²) in [7, 11) is 0. The highest BCUT2D eigenvalue weighted by Gasteiger charge is 2.46. The summed E-state index contributed by atoms with van der Waals surface area (Å²) in [6.45, 7) is 5.55. The number of nitrogens with zero attached hydrogens (tertiary/aromatic N) is 1. The Morgan fingerprint density at radius 1 is 1.36 bits per heavy atom. The van der Waals surface area contributed by atoms with Crippen LogP contribution in [0.15, 0.2) is 36.9 Å². The summed E-state index contributed by atoms with van der Waals surface area (Å²) in [6, 6.07) is 7.04. The van der Waals surface area contributed by atoms with Crippen LogP contribution in [0, 0.1) is 0 Å². The lowest BCUT2D eigenvalue weighted by Crippen LogP contribution is -2.47. The van der Waals surface area contributed by atoms with Gasteiger partial charge in [-0.2, -0.15) is 0 Å². The number of benzene rings is 1. The first kappa shape index (κ1) is 14.8. The molecule has 1 aromatic carbocycles. The molecule has 3 rings (SSSR count). The molecule has 0 bridgehead atoms. The number of hydrogen-bond acceptors (Lipinski definition) is 3. The van der Waals surface area contributed by atoms with E-state index in [0.717, 1.165) is 32.4 Å². The van der Waals surface area contributed by atoms with Gasteiger partial charge in [0.1, 0.15) is 0 Å². The molecule has 2 saturated heterocycles. The standard InChI is InChI=1S/C17H20N2O3/c1-2-15(20)18-14-6-3-5-13(11-14)16(21)19-9-4-7-17(19)8-10-22-12-17/h2-3,5-6,11H,1,4,7-10,12H2,(H,18,20). The number of carbonyl (C=O) groups is 2. The van der Waals surface area contributed by atoms with Crippen LogP contribution in [0.5, 0.6) is 0 Å². The van der Waals surface area contributed by atoms with Gasteiger partial charge in [-0.25, -0.2) is 0 Å². The first-order valence-corrected chi connectivity index (χ1v) is 7.58. The lowest BCUT2D eigenvalue weighted by molar-refractivity contribution is -0.111. The molecule has 2 fully saturated rings. The summed E-state index contributed by atoms with van der Waals surface area (Å²) in [6.07, 6.45) is 4.14. The molecule has 0 aliphatic carbocycles. The van der Waals surface area contributed by atoms with Gasteiger partial charge in [0.2, 0.25) is 5.91 Å². The van der Waals surface area contributed by atoms with Crippen molar-refractivity contribution < 1.29 is 14.3 Å². The van der Waals surface area contributed by atoms with Gasteiger partial charge >= 0.3 is 0 Å². The minimum Gasteiger partial charge on any atom is -0.379 e. The maximum atomic E-state index is 12.9. The summed E-state index contributed by atoms with van der Waals surface area (Å²) < 4.78 is 5.53. The molecule has 1 aromatic rings. The molecule has 0 aromatic heterocycles. The Balaban J connectivity index is 1.81. The summed E-state index contributed by atoms with van der Waals surface area (Å²) in [5.41, 5.74) is 1.07. The van der Waals surface area contributed by atoms with Crippen molar-refractivity contribution >= 4 is 17.5 Å². The molecule has 1 spiro atoms. The molecule has 2 aliphatic rings. The molecule has 5 nitrogen and oxygen atoms in total. The van der Waals surface area contributed by atoms with Gasteiger partial charge in [-0.05, 0) is 43.5 Å². The number of anilines is 1. The molecule has 1 N–H and O–H groups in total. The van der Waals surface area contributed by atoms with Crippen molar-refractivity contribution in [2.24, 2.45) is 0 Å². The zero-order valence-electron chi connectivity index (χ0n) is 12.5. The van der Waals surface area contributed by atoms with Gasteiger partial charge in [0.15, 0.2) is 0 Å². The fraction of sp³-hybridized carbons (Fsp3) is 0.412. The van der Waals surface area contributed by atoms with E-state index in [1.165, 1.54) is 6.08 Å². The van der Waals surface area contributed by atoms with Crippen molar-refractivity contribution in [3.05, 3.63) is 42.5 Å². The highest BCUT2D eigenvalue weighted by molar-refractivity contribution is 6.01. The first-order valence-electron chi connectivity index (χ1n) is 7.58. The Labute approximate surface area is 129 Å². The van der Waals surface area contributed by atoms with Crippen LogP contribution in [0.4, 0.5) is 5.69 Å². The minimum absolute atomic E-state index is 0.0118. The normalized spacial score (nSPS) is 23.7. The van der Waals surface area contributed by atoms with Gasteiger partial charge in [-0.15, -0.1) is 0 Å². The fourth-order valence-corrected chi connectivity index (χ4v) is 3.34. The third-order valence-electron chi connectivity index (χ3n) is 4.49. The van der Waals surface area contributed by atoms with E-state index in [-0.39, 0.29) is 17.4 Å². The van der Waals surface area contributed by atoms with Crippen molar-refractivity contribution in [2.45, 2.75) is 24.8 Å². The molecule has 5 heteroatoms. The van der Waals surface area contributed by atoms with Crippen molar-refractivity contribution in [3.8, 4) is 0 Å². The molecule has 116 valence electrons. The molecule has 0 saturated carbocycles. The van der Waals surface area contributed by atoms with E-state index >= 15 is 0 Å². The Morgan fingerprint density at radius 2 is 2.23 bits per heavy atom. The minimum atomic E-state index is -0.286. The number of nitrogens with one attached hydrogen (secondary N) is 1. The van der Waals surface area contributed by atoms with Crippen LogP contribution < -0.4 is 5.32 Å². The third kappa shape index (κ3) is 2.64. The predicted molar refractivity (Wildman–Crippen MR) is 83.7 cm³/mol. The quantitative estimate of drug-likeness (QED) is 0.871. The highest BCUT2D eigenvalue weighted by Crippen LogP contribution is 2.37. The molecular weight excluding hydrogens is 280 g/mol. The fourth-order valence-electron chi connectivity index (χ4n) is 3.34. The van der Waals surface area contributed by atoms with Crippen LogP contribution in [-0.2, 0) is 9.53 Å². The van der Waals surface area contributed by atoms with E-state index in [4.69, 9.17) is 4.74 Å². The Hall–Kier alpha value is -2.14. The second kappa shape index (κ2) is 5.93. The van der Waals surface area contributed by atoms with Crippen LogP contribution in [-0.4, -0.2) is 42.0 Å². The van der Waals surface area contributed by atoms with E-state index < -0.39 is 0 Å². The van der Waals surface area contributed by atoms with Gasteiger partial charge in [0.25, 0.3) is 5.91 Å². The van der Waals surface area contributed by atoms with Crippen LogP contribution >= 0.6 is 0 Å². The van der Waals surface area contributed by atoms with E-state index in [9.17, 15) is 9.59 Å². The van der Waals surface area contributed by atoms with Gasteiger partial charge in [-0.3, -0.25) is 9.59 Å². The molecule has 1 atom stereocenters. The second-order valence-electron chi connectivity index (χ2n) is 5.86. The second-order valence-corrected chi connectivity index (χ2v) is 5.86. The average Bonchev–Trinajstić information content (AvgIpc) is 3.17. The molecular formula is C17H20N2O3. The lowest BCUT2D eigenvalue weighted by atomic mass is 9.95. The van der Waals surface area contributed by atoms with Crippen molar-refractivity contribution in [1.29, 1.82) is 0 Å². The lowest BCUT2D eigenvalue weighted by Gasteiger charge is -2.33. The van der Waals surface area contributed by atoms with Gasteiger partial charge in [0, 0.05) is 24.4 Å². The number of likely N-dealkylation sites (tertiary alicyclic amines) is 1. The number of hydrogen-bond donors (Lipinski definition) is 1. The first-order chi connectivity index (χ1) is 10.6. The monoisotopic (exact) mass is 300 g/mol. The average molecular weight is 300 g/mol. The van der Waals surface area contributed by atoms with Crippen LogP contribution in [0.3, 0.4) is 0 Å². The summed E-state index contributed by atoms with van der Waals surface area (Å²) in [5, 5.41) is 2.69.